The molecule has 0 aliphatic rings. The van der Waals surface area contributed by atoms with Crippen LogP contribution in [0.15, 0.2) is 64.5 Å². The Morgan fingerprint density at radius 2 is 2.04 bits per heavy atom. The first-order valence-corrected chi connectivity index (χ1v) is 8.21. The summed E-state index contributed by atoms with van der Waals surface area (Å²) in [5, 5.41) is 29.8. The van der Waals surface area contributed by atoms with Crippen molar-refractivity contribution in [3.63, 3.8) is 0 Å². The Hall–Kier alpha value is -2.26. The van der Waals surface area contributed by atoms with Gasteiger partial charge in [-0.2, -0.15) is 0 Å². The maximum absolute atomic E-state index is 10.2. The number of aliphatic hydroxyl groups is 2. The molecule has 2 aromatic rings. The standard InChI is InChI=1S/C20H24O4/c1-2-6-15(13-19(23)20-11-5-12-24-20)7-3-10-18(22)16-8-4-9-17(21)14-16/h3-5,8-9,11-12,14,18-19,21-23H,2,6,10,13H2,1H3/t7?,18-,19-/m1/s1. The van der Waals surface area contributed by atoms with Crippen molar-refractivity contribution >= 4 is 0 Å². The molecule has 0 aliphatic carbocycles. The van der Waals surface area contributed by atoms with Crippen molar-refractivity contribution in [2.75, 3.05) is 0 Å². The molecular formula is C20H24O4. The minimum atomic E-state index is -0.692. The quantitative estimate of drug-likeness (QED) is 0.627. The summed E-state index contributed by atoms with van der Waals surface area (Å²) in [7, 11) is 0. The number of benzene rings is 1. The van der Waals surface area contributed by atoms with Gasteiger partial charge in [-0.3, -0.25) is 0 Å². The van der Waals surface area contributed by atoms with Gasteiger partial charge in [0.05, 0.1) is 12.4 Å². The van der Waals surface area contributed by atoms with E-state index >= 15 is 0 Å². The van der Waals surface area contributed by atoms with Crippen LogP contribution < -0.4 is 0 Å². The van der Waals surface area contributed by atoms with Crippen LogP contribution >= 0.6 is 0 Å². The second-order valence-electron chi connectivity index (χ2n) is 5.78. The molecule has 1 aromatic carbocycles. The summed E-state index contributed by atoms with van der Waals surface area (Å²) in [5.41, 5.74) is 4.85. The first kappa shape index (κ1) is 18.1. The number of aromatic hydroxyl groups is 1. The van der Waals surface area contributed by atoms with E-state index < -0.39 is 12.2 Å². The fourth-order valence-corrected chi connectivity index (χ4v) is 2.53. The lowest BCUT2D eigenvalue weighted by Crippen LogP contribution is -1.98. The van der Waals surface area contributed by atoms with Crippen molar-refractivity contribution in [3.05, 3.63) is 71.4 Å². The zero-order valence-corrected chi connectivity index (χ0v) is 13.9. The molecule has 3 N–H and O–H groups in total. The van der Waals surface area contributed by atoms with E-state index in [4.69, 9.17) is 4.42 Å². The molecule has 24 heavy (non-hydrogen) atoms. The Morgan fingerprint density at radius 1 is 1.21 bits per heavy atom. The van der Waals surface area contributed by atoms with E-state index in [9.17, 15) is 15.3 Å². The number of aliphatic hydroxyl groups excluding tert-OH is 2. The van der Waals surface area contributed by atoms with Gasteiger partial charge in [-0.05, 0) is 47.9 Å². The third-order valence-corrected chi connectivity index (χ3v) is 3.77. The molecule has 0 fully saturated rings. The molecule has 1 heterocycles. The molecule has 1 aromatic heterocycles. The van der Waals surface area contributed by atoms with Crippen molar-refractivity contribution in [2.24, 2.45) is 0 Å². The summed E-state index contributed by atoms with van der Waals surface area (Å²) in [6.07, 6.45) is 4.60. The van der Waals surface area contributed by atoms with E-state index in [0.717, 1.165) is 18.4 Å². The lowest BCUT2D eigenvalue weighted by atomic mass is 10.0. The Morgan fingerprint density at radius 3 is 2.71 bits per heavy atom. The van der Waals surface area contributed by atoms with E-state index in [2.05, 4.69) is 12.7 Å². The molecule has 128 valence electrons. The molecule has 0 unspecified atom stereocenters. The minimum absolute atomic E-state index is 0.138. The van der Waals surface area contributed by atoms with Gasteiger partial charge in [-0.15, -0.1) is 5.73 Å². The van der Waals surface area contributed by atoms with Gasteiger partial charge in [0.2, 0.25) is 0 Å². The van der Waals surface area contributed by atoms with Crippen molar-refractivity contribution in [3.8, 4) is 5.75 Å². The maximum atomic E-state index is 10.2. The lowest BCUT2D eigenvalue weighted by molar-refractivity contribution is 0.149. The van der Waals surface area contributed by atoms with E-state index in [1.807, 2.05) is 0 Å². The lowest BCUT2D eigenvalue weighted by Gasteiger charge is -2.10. The molecule has 0 amide bonds. The molecule has 0 bridgehead atoms. The summed E-state index contributed by atoms with van der Waals surface area (Å²) in [5.74, 6) is 0.685. The normalized spacial score (nSPS) is 13.1. The van der Waals surface area contributed by atoms with E-state index in [-0.39, 0.29) is 5.75 Å². The van der Waals surface area contributed by atoms with Gasteiger partial charge in [0.25, 0.3) is 0 Å². The third kappa shape index (κ3) is 5.43. The van der Waals surface area contributed by atoms with Crippen LogP contribution in [-0.4, -0.2) is 15.3 Å². The molecule has 2 rings (SSSR count). The highest BCUT2D eigenvalue weighted by Crippen LogP contribution is 2.24. The van der Waals surface area contributed by atoms with E-state index in [0.29, 0.717) is 24.2 Å². The first-order valence-electron chi connectivity index (χ1n) is 8.21. The monoisotopic (exact) mass is 328 g/mol. The Kier molecular flexibility index (Phi) is 6.89. The van der Waals surface area contributed by atoms with Gasteiger partial charge in [-0.25, -0.2) is 0 Å². The number of hydrogen-bond acceptors (Lipinski definition) is 4. The van der Waals surface area contributed by atoms with Crippen LogP contribution in [0.25, 0.3) is 0 Å². The Labute approximate surface area is 142 Å². The predicted octanol–water partition coefficient (Wildman–Crippen LogP) is 4.41. The number of rotatable bonds is 8. The highest BCUT2D eigenvalue weighted by Gasteiger charge is 2.12. The van der Waals surface area contributed by atoms with Gasteiger partial charge in [-0.1, -0.05) is 25.5 Å². The highest BCUT2D eigenvalue weighted by atomic mass is 16.4. The summed E-state index contributed by atoms with van der Waals surface area (Å²) in [6.45, 7) is 2.07. The number of phenolic OH excluding ortho intramolecular Hbond substituents is 1. The van der Waals surface area contributed by atoms with Crippen LogP contribution in [0, 0.1) is 0 Å². The third-order valence-electron chi connectivity index (χ3n) is 3.77. The van der Waals surface area contributed by atoms with Crippen LogP contribution in [0.5, 0.6) is 5.75 Å². The van der Waals surface area contributed by atoms with Crippen LogP contribution in [0.2, 0.25) is 0 Å². The van der Waals surface area contributed by atoms with Gasteiger partial charge >= 0.3 is 0 Å². The average Bonchev–Trinajstić information content (AvgIpc) is 3.09. The fourth-order valence-electron chi connectivity index (χ4n) is 2.53. The SMILES string of the molecule is CCCC(=C=CC[C@@H](O)c1cccc(O)c1)C[C@@H](O)c1ccco1. The van der Waals surface area contributed by atoms with Crippen LogP contribution in [0.3, 0.4) is 0 Å². The molecular weight excluding hydrogens is 304 g/mol. The summed E-state index contributed by atoms with van der Waals surface area (Å²) >= 11 is 0. The maximum Gasteiger partial charge on any atom is 0.132 e. The minimum Gasteiger partial charge on any atom is -0.508 e. The first-order chi connectivity index (χ1) is 11.6. The Balaban J connectivity index is 2.02. The number of hydrogen-bond donors (Lipinski definition) is 3. The second kappa shape index (κ2) is 9.14. The largest absolute Gasteiger partial charge is 0.508 e. The molecule has 0 spiro atoms. The van der Waals surface area contributed by atoms with Crippen molar-refractivity contribution in [1.29, 1.82) is 0 Å². The zero-order valence-electron chi connectivity index (χ0n) is 13.9. The zero-order chi connectivity index (χ0) is 17.4. The van der Waals surface area contributed by atoms with E-state index in [1.165, 1.54) is 0 Å². The molecule has 0 saturated heterocycles. The summed E-state index contributed by atoms with van der Waals surface area (Å²) in [6, 6.07) is 10.1. The van der Waals surface area contributed by atoms with Crippen LogP contribution in [-0.2, 0) is 0 Å². The molecule has 0 aliphatic heterocycles. The second-order valence-corrected chi connectivity index (χ2v) is 5.78. The molecule has 4 heteroatoms. The van der Waals surface area contributed by atoms with Gasteiger partial charge in [0.15, 0.2) is 0 Å². The topological polar surface area (TPSA) is 73.8 Å². The molecule has 0 radical (unpaired) electrons. The van der Waals surface area contributed by atoms with Crippen molar-refractivity contribution in [2.45, 2.75) is 44.8 Å². The average molecular weight is 328 g/mol. The molecule has 4 nitrogen and oxygen atoms in total. The highest BCUT2D eigenvalue weighted by molar-refractivity contribution is 5.28. The van der Waals surface area contributed by atoms with Crippen molar-refractivity contribution in [1.82, 2.24) is 0 Å². The summed E-state index contributed by atoms with van der Waals surface area (Å²) in [4.78, 5) is 0. The van der Waals surface area contributed by atoms with Crippen LogP contribution in [0.4, 0.5) is 0 Å². The van der Waals surface area contributed by atoms with Gasteiger partial charge < -0.3 is 19.7 Å². The molecule has 2 atom stereocenters. The number of phenols is 1. The van der Waals surface area contributed by atoms with Crippen LogP contribution in [0.1, 0.15) is 56.1 Å². The predicted molar refractivity (Wildman–Crippen MR) is 92.5 cm³/mol. The number of furan rings is 1. The summed E-state index contributed by atoms with van der Waals surface area (Å²) < 4.78 is 5.22. The Bertz CT molecular complexity index is 681. The van der Waals surface area contributed by atoms with Crippen molar-refractivity contribution < 1.29 is 19.7 Å². The van der Waals surface area contributed by atoms with E-state index in [1.54, 1.807) is 48.7 Å². The van der Waals surface area contributed by atoms with Gasteiger partial charge in [0.1, 0.15) is 17.6 Å². The molecule has 0 saturated carbocycles. The smallest absolute Gasteiger partial charge is 0.132 e. The van der Waals surface area contributed by atoms with Gasteiger partial charge in [0, 0.05) is 12.8 Å². The fraction of sp³-hybridized carbons (Fsp3) is 0.350.